The molecule has 2 saturated heterocycles. The number of benzene rings is 1. The van der Waals surface area contributed by atoms with Gasteiger partial charge in [-0.3, -0.25) is 14.5 Å². The summed E-state index contributed by atoms with van der Waals surface area (Å²) in [5.41, 5.74) is 2.12. The molecule has 3 aliphatic rings. The molecule has 2 aliphatic heterocycles. The van der Waals surface area contributed by atoms with Gasteiger partial charge in [-0.25, -0.2) is 0 Å². The highest BCUT2D eigenvalue weighted by atomic mass is 16.2. The van der Waals surface area contributed by atoms with Crippen LogP contribution < -0.4 is 0 Å². The third kappa shape index (κ3) is 5.23. The van der Waals surface area contributed by atoms with Gasteiger partial charge in [-0.1, -0.05) is 31.4 Å². The maximum Gasteiger partial charge on any atom is 0.253 e. The third-order valence-electron chi connectivity index (χ3n) is 7.48. The van der Waals surface area contributed by atoms with Crippen LogP contribution in [0.4, 0.5) is 0 Å². The zero-order chi connectivity index (χ0) is 20.9. The molecule has 1 aromatic carbocycles. The van der Waals surface area contributed by atoms with E-state index in [4.69, 9.17) is 0 Å². The molecule has 1 aliphatic carbocycles. The third-order valence-corrected chi connectivity index (χ3v) is 7.48. The quantitative estimate of drug-likeness (QED) is 0.761. The molecular formula is C25H37N3O2. The molecule has 0 bridgehead atoms. The number of hydrogen-bond acceptors (Lipinski definition) is 3. The van der Waals surface area contributed by atoms with Gasteiger partial charge in [-0.15, -0.1) is 0 Å². The molecule has 0 unspecified atom stereocenters. The highest BCUT2D eigenvalue weighted by Crippen LogP contribution is 2.25. The number of piperazine rings is 1. The molecule has 3 fully saturated rings. The van der Waals surface area contributed by atoms with Crippen molar-refractivity contribution in [3.8, 4) is 0 Å². The van der Waals surface area contributed by atoms with Crippen molar-refractivity contribution < 1.29 is 9.59 Å². The molecule has 1 saturated carbocycles. The zero-order valence-corrected chi connectivity index (χ0v) is 18.5. The second kappa shape index (κ2) is 9.95. The van der Waals surface area contributed by atoms with E-state index in [0.29, 0.717) is 5.92 Å². The van der Waals surface area contributed by atoms with Crippen molar-refractivity contribution in [3.63, 3.8) is 0 Å². The van der Waals surface area contributed by atoms with E-state index in [1.54, 1.807) is 6.92 Å². The van der Waals surface area contributed by atoms with Gasteiger partial charge in [0.2, 0.25) is 5.91 Å². The van der Waals surface area contributed by atoms with Crippen LogP contribution in [0.3, 0.4) is 0 Å². The lowest BCUT2D eigenvalue weighted by molar-refractivity contribution is -0.130. The van der Waals surface area contributed by atoms with Crippen molar-refractivity contribution >= 4 is 11.8 Å². The second-order valence-electron chi connectivity index (χ2n) is 9.47. The van der Waals surface area contributed by atoms with Crippen LogP contribution in [0.15, 0.2) is 24.3 Å². The maximum absolute atomic E-state index is 13.0. The first kappa shape index (κ1) is 21.4. The standard InChI is InChI=1S/C25H37N3O2/c1-20(29)26-13-11-22(12-14-26)19-21-7-9-23(10-8-21)25(30)28-17-15-27(16-18-28)24-5-3-2-4-6-24/h7-10,22,24H,2-6,11-19H2,1H3. The van der Waals surface area contributed by atoms with E-state index in [9.17, 15) is 9.59 Å². The summed E-state index contributed by atoms with van der Waals surface area (Å²) in [5.74, 6) is 1.01. The van der Waals surface area contributed by atoms with Crippen molar-refractivity contribution in [2.75, 3.05) is 39.3 Å². The molecular weight excluding hydrogens is 374 g/mol. The normalized spacial score (nSPS) is 22.3. The monoisotopic (exact) mass is 411 g/mol. The Balaban J connectivity index is 1.25. The van der Waals surface area contributed by atoms with Gasteiger partial charge in [0.05, 0.1) is 0 Å². The number of hydrogen-bond donors (Lipinski definition) is 0. The first-order chi connectivity index (χ1) is 14.6. The molecule has 164 valence electrons. The zero-order valence-electron chi connectivity index (χ0n) is 18.5. The van der Waals surface area contributed by atoms with Crippen LogP contribution in [0.1, 0.15) is 67.8 Å². The van der Waals surface area contributed by atoms with Crippen LogP contribution in [-0.4, -0.2) is 71.8 Å². The summed E-state index contributed by atoms with van der Waals surface area (Å²) in [7, 11) is 0. The summed E-state index contributed by atoms with van der Waals surface area (Å²) < 4.78 is 0. The van der Waals surface area contributed by atoms with Crippen LogP contribution in [0.2, 0.25) is 0 Å². The average molecular weight is 412 g/mol. The van der Waals surface area contributed by atoms with Gasteiger partial charge in [0.15, 0.2) is 0 Å². The van der Waals surface area contributed by atoms with E-state index in [0.717, 1.165) is 70.1 Å². The Morgan fingerprint density at radius 1 is 0.800 bits per heavy atom. The van der Waals surface area contributed by atoms with Gasteiger partial charge in [0, 0.05) is 57.8 Å². The highest BCUT2D eigenvalue weighted by molar-refractivity contribution is 5.94. The Morgan fingerprint density at radius 3 is 2.03 bits per heavy atom. The molecule has 5 heteroatoms. The van der Waals surface area contributed by atoms with Crippen LogP contribution in [-0.2, 0) is 11.2 Å². The van der Waals surface area contributed by atoms with Gasteiger partial charge in [0.25, 0.3) is 5.91 Å². The molecule has 5 nitrogen and oxygen atoms in total. The molecule has 0 spiro atoms. The van der Waals surface area contributed by atoms with E-state index in [2.05, 4.69) is 17.0 Å². The molecule has 4 rings (SSSR count). The van der Waals surface area contributed by atoms with Crippen LogP contribution >= 0.6 is 0 Å². The molecule has 2 amide bonds. The van der Waals surface area contributed by atoms with E-state index in [-0.39, 0.29) is 11.8 Å². The number of carbonyl (C=O) groups is 2. The van der Waals surface area contributed by atoms with Crippen molar-refractivity contribution in [2.45, 2.75) is 64.3 Å². The van der Waals surface area contributed by atoms with Crippen molar-refractivity contribution in [1.82, 2.24) is 14.7 Å². The average Bonchev–Trinajstić information content (AvgIpc) is 2.80. The van der Waals surface area contributed by atoms with Gasteiger partial charge in [-0.05, 0) is 55.7 Å². The smallest absolute Gasteiger partial charge is 0.253 e. The van der Waals surface area contributed by atoms with Crippen LogP contribution in [0.25, 0.3) is 0 Å². The van der Waals surface area contributed by atoms with Gasteiger partial charge in [0.1, 0.15) is 0 Å². The molecule has 0 N–H and O–H groups in total. The number of nitrogens with zero attached hydrogens (tertiary/aromatic N) is 3. The number of rotatable bonds is 4. The number of piperidine rings is 1. The van der Waals surface area contributed by atoms with E-state index in [1.807, 2.05) is 21.9 Å². The largest absolute Gasteiger partial charge is 0.343 e. The van der Waals surface area contributed by atoms with E-state index < -0.39 is 0 Å². The lowest BCUT2D eigenvalue weighted by atomic mass is 9.90. The lowest BCUT2D eigenvalue weighted by Crippen LogP contribution is -2.52. The SMILES string of the molecule is CC(=O)N1CCC(Cc2ccc(C(=O)N3CCN(C4CCCCC4)CC3)cc2)CC1. The minimum absolute atomic E-state index is 0.180. The highest BCUT2D eigenvalue weighted by Gasteiger charge is 2.27. The van der Waals surface area contributed by atoms with E-state index in [1.165, 1.54) is 37.7 Å². The Kier molecular flexibility index (Phi) is 7.08. The fourth-order valence-corrected chi connectivity index (χ4v) is 5.49. The second-order valence-corrected chi connectivity index (χ2v) is 9.47. The Morgan fingerprint density at radius 2 is 1.43 bits per heavy atom. The fraction of sp³-hybridized carbons (Fsp3) is 0.680. The predicted octanol–water partition coefficient (Wildman–Crippen LogP) is 3.58. The number of likely N-dealkylation sites (tertiary alicyclic amines) is 1. The maximum atomic E-state index is 13.0. The van der Waals surface area contributed by atoms with E-state index >= 15 is 0 Å². The summed E-state index contributed by atoms with van der Waals surface area (Å²) in [6.07, 6.45) is 9.99. The Labute approximate surface area is 181 Å². The minimum Gasteiger partial charge on any atom is -0.343 e. The van der Waals surface area contributed by atoms with Crippen LogP contribution in [0.5, 0.6) is 0 Å². The van der Waals surface area contributed by atoms with Gasteiger partial charge >= 0.3 is 0 Å². The minimum atomic E-state index is 0.180. The molecule has 0 atom stereocenters. The molecule has 1 aromatic rings. The summed E-state index contributed by atoms with van der Waals surface area (Å²) in [4.78, 5) is 31.0. The van der Waals surface area contributed by atoms with Gasteiger partial charge in [-0.2, -0.15) is 0 Å². The van der Waals surface area contributed by atoms with Crippen molar-refractivity contribution in [1.29, 1.82) is 0 Å². The summed E-state index contributed by atoms with van der Waals surface area (Å²) in [5, 5.41) is 0. The molecule has 30 heavy (non-hydrogen) atoms. The molecule has 0 aromatic heterocycles. The summed E-state index contributed by atoms with van der Waals surface area (Å²) in [6, 6.07) is 9.02. The van der Waals surface area contributed by atoms with Gasteiger partial charge < -0.3 is 9.80 Å². The number of carbonyl (C=O) groups excluding carboxylic acids is 2. The molecule has 0 radical (unpaired) electrons. The topological polar surface area (TPSA) is 43.9 Å². The fourth-order valence-electron chi connectivity index (χ4n) is 5.49. The number of amides is 2. The Bertz CT molecular complexity index is 710. The van der Waals surface area contributed by atoms with Crippen molar-refractivity contribution in [2.24, 2.45) is 5.92 Å². The summed E-state index contributed by atoms with van der Waals surface area (Å²) >= 11 is 0. The first-order valence-corrected chi connectivity index (χ1v) is 12.0. The Hall–Kier alpha value is -1.88. The summed E-state index contributed by atoms with van der Waals surface area (Å²) in [6.45, 7) is 7.16. The first-order valence-electron chi connectivity index (χ1n) is 12.0. The predicted molar refractivity (Wildman–Crippen MR) is 119 cm³/mol. The molecule has 2 heterocycles. The lowest BCUT2D eigenvalue weighted by Gasteiger charge is -2.40. The van der Waals surface area contributed by atoms with Crippen LogP contribution in [0, 0.1) is 5.92 Å². The van der Waals surface area contributed by atoms with Crippen molar-refractivity contribution in [3.05, 3.63) is 35.4 Å².